The molecule has 1 heteroatoms. The maximum Gasteiger partial charge on any atom is 0.0739 e. The summed E-state index contributed by atoms with van der Waals surface area (Å²) in [5.74, 6) is 0.406. The third-order valence-electron chi connectivity index (χ3n) is 3.23. The van der Waals surface area contributed by atoms with E-state index in [2.05, 4.69) is 46.9 Å². The quantitative estimate of drug-likeness (QED) is 0.319. The number of hydrogen-bond donors (Lipinski definition) is 0. The third-order valence-corrected chi connectivity index (χ3v) is 3.23. The number of aliphatic imine (C=N–C) groups is 1. The van der Waals surface area contributed by atoms with Crippen LogP contribution in [0.1, 0.15) is 47.0 Å². The molecule has 0 aliphatic heterocycles. The zero-order valence-electron chi connectivity index (χ0n) is 11.9. The molecule has 0 aliphatic rings. The average Bonchev–Trinajstić information content (AvgIpc) is 2.37. The van der Waals surface area contributed by atoms with Gasteiger partial charge in [-0.15, -0.1) is 6.58 Å². The number of nitrogens with zero attached hydrogens (tertiary/aromatic N) is 1. The van der Waals surface area contributed by atoms with Crippen LogP contribution in [-0.4, -0.2) is 11.8 Å². The summed E-state index contributed by atoms with van der Waals surface area (Å²) in [6.07, 6.45) is 9.03. The topological polar surface area (TPSA) is 12.4 Å². The van der Waals surface area contributed by atoms with Gasteiger partial charge in [0.1, 0.15) is 0 Å². The molecular formula is C16H27N. The standard InChI is InChI=1S/C16H27N/c1-7-12-14(8-2)13(6)16(11-5)17-15(9-3)10-4/h7,11-13,16H,1,5,8-10H2,2-4,6H3/b14-12+. The Labute approximate surface area is 107 Å². The molecule has 0 heterocycles. The fourth-order valence-corrected chi connectivity index (χ4v) is 1.97. The molecule has 0 aromatic rings. The highest BCUT2D eigenvalue weighted by Gasteiger charge is 2.16. The van der Waals surface area contributed by atoms with Crippen LogP contribution in [0.5, 0.6) is 0 Å². The van der Waals surface area contributed by atoms with Crippen LogP contribution in [0, 0.1) is 5.92 Å². The highest BCUT2D eigenvalue weighted by Crippen LogP contribution is 2.22. The summed E-state index contributed by atoms with van der Waals surface area (Å²) in [5.41, 5.74) is 2.66. The molecule has 17 heavy (non-hydrogen) atoms. The molecule has 0 fully saturated rings. The molecule has 0 rings (SSSR count). The minimum atomic E-state index is 0.191. The molecule has 0 aliphatic carbocycles. The lowest BCUT2D eigenvalue weighted by atomic mass is 9.91. The van der Waals surface area contributed by atoms with E-state index in [1.165, 1.54) is 11.3 Å². The Morgan fingerprint density at radius 3 is 2.06 bits per heavy atom. The Morgan fingerprint density at radius 2 is 1.71 bits per heavy atom. The Morgan fingerprint density at radius 1 is 1.12 bits per heavy atom. The average molecular weight is 233 g/mol. The molecule has 1 nitrogen and oxygen atoms in total. The molecule has 0 aromatic heterocycles. The lowest BCUT2D eigenvalue weighted by Crippen LogP contribution is -2.17. The fourth-order valence-electron chi connectivity index (χ4n) is 1.97. The van der Waals surface area contributed by atoms with E-state index in [9.17, 15) is 0 Å². The van der Waals surface area contributed by atoms with Crippen LogP contribution in [0.25, 0.3) is 0 Å². The van der Waals surface area contributed by atoms with Gasteiger partial charge in [0, 0.05) is 11.6 Å². The van der Waals surface area contributed by atoms with Crippen molar-refractivity contribution in [2.75, 3.05) is 0 Å². The maximum atomic E-state index is 4.81. The normalized spacial score (nSPS) is 14.9. The van der Waals surface area contributed by atoms with Crippen molar-refractivity contribution in [2.45, 2.75) is 53.0 Å². The van der Waals surface area contributed by atoms with Crippen LogP contribution >= 0.6 is 0 Å². The SMILES string of the molecule is C=C/C=C(\CC)C(C)C(C=C)N=C(CC)CC. The van der Waals surface area contributed by atoms with Gasteiger partial charge < -0.3 is 0 Å². The van der Waals surface area contributed by atoms with Crippen LogP contribution in [0.3, 0.4) is 0 Å². The Hall–Kier alpha value is -1.11. The first-order chi connectivity index (χ1) is 8.14. The van der Waals surface area contributed by atoms with Gasteiger partial charge in [-0.3, -0.25) is 4.99 Å². The predicted octanol–water partition coefficient (Wildman–Crippen LogP) is 4.96. The second-order valence-electron chi connectivity index (χ2n) is 4.25. The van der Waals surface area contributed by atoms with Gasteiger partial charge in [-0.05, 0) is 19.3 Å². The van der Waals surface area contributed by atoms with Crippen LogP contribution in [0.15, 0.2) is 42.0 Å². The van der Waals surface area contributed by atoms with Crippen molar-refractivity contribution in [3.8, 4) is 0 Å². The fraction of sp³-hybridized carbons (Fsp3) is 0.562. The van der Waals surface area contributed by atoms with Gasteiger partial charge in [-0.1, -0.05) is 58.1 Å². The van der Waals surface area contributed by atoms with Crippen molar-refractivity contribution in [3.05, 3.63) is 37.0 Å². The van der Waals surface area contributed by atoms with Gasteiger partial charge in [-0.25, -0.2) is 0 Å². The summed E-state index contributed by atoms with van der Waals surface area (Å²) in [7, 11) is 0. The van der Waals surface area contributed by atoms with E-state index in [1.54, 1.807) is 0 Å². The minimum Gasteiger partial charge on any atom is -0.286 e. The molecule has 2 atom stereocenters. The summed E-state index contributed by atoms with van der Waals surface area (Å²) >= 11 is 0. The van der Waals surface area contributed by atoms with E-state index in [4.69, 9.17) is 4.99 Å². The van der Waals surface area contributed by atoms with Crippen LogP contribution in [0.2, 0.25) is 0 Å². The first-order valence-electron chi connectivity index (χ1n) is 6.63. The molecule has 0 aromatic carbocycles. The molecule has 0 spiro atoms. The predicted molar refractivity (Wildman–Crippen MR) is 79.7 cm³/mol. The van der Waals surface area contributed by atoms with E-state index < -0.39 is 0 Å². The van der Waals surface area contributed by atoms with Gasteiger partial charge in [0.15, 0.2) is 0 Å². The van der Waals surface area contributed by atoms with Crippen LogP contribution < -0.4 is 0 Å². The van der Waals surface area contributed by atoms with E-state index >= 15 is 0 Å². The Bertz CT molecular complexity index is 291. The summed E-state index contributed by atoms with van der Waals surface area (Å²) in [4.78, 5) is 4.81. The minimum absolute atomic E-state index is 0.191. The smallest absolute Gasteiger partial charge is 0.0739 e. The van der Waals surface area contributed by atoms with E-state index in [1.807, 2.05) is 12.2 Å². The van der Waals surface area contributed by atoms with Crippen molar-refractivity contribution in [2.24, 2.45) is 10.9 Å². The first-order valence-corrected chi connectivity index (χ1v) is 6.63. The molecule has 0 bridgehead atoms. The first kappa shape index (κ1) is 15.9. The van der Waals surface area contributed by atoms with Crippen molar-refractivity contribution in [1.29, 1.82) is 0 Å². The van der Waals surface area contributed by atoms with Gasteiger partial charge in [0.2, 0.25) is 0 Å². The van der Waals surface area contributed by atoms with Crippen LogP contribution in [-0.2, 0) is 0 Å². The zero-order chi connectivity index (χ0) is 13.3. The number of hydrogen-bond acceptors (Lipinski definition) is 1. The maximum absolute atomic E-state index is 4.81. The summed E-state index contributed by atoms with van der Waals surface area (Å²) in [6.45, 7) is 16.4. The second kappa shape index (κ2) is 8.98. The Kier molecular flexibility index (Phi) is 8.39. The highest BCUT2D eigenvalue weighted by atomic mass is 14.8. The largest absolute Gasteiger partial charge is 0.286 e. The number of allylic oxidation sites excluding steroid dienone is 2. The Balaban J connectivity index is 4.99. The highest BCUT2D eigenvalue weighted by molar-refractivity contribution is 5.84. The van der Waals surface area contributed by atoms with Gasteiger partial charge in [-0.2, -0.15) is 0 Å². The summed E-state index contributed by atoms with van der Waals surface area (Å²) in [5, 5.41) is 0. The van der Waals surface area contributed by atoms with E-state index in [0.717, 1.165) is 19.3 Å². The summed E-state index contributed by atoms with van der Waals surface area (Å²) < 4.78 is 0. The molecule has 96 valence electrons. The number of rotatable bonds is 8. The molecule has 0 N–H and O–H groups in total. The van der Waals surface area contributed by atoms with Gasteiger partial charge in [0.05, 0.1) is 6.04 Å². The molecule has 0 saturated heterocycles. The van der Waals surface area contributed by atoms with Gasteiger partial charge in [0.25, 0.3) is 0 Å². The molecule has 0 radical (unpaired) electrons. The van der Waals surface area contributed by atoms with Crippen molar-refractivity contribution < 1.29 is 0 Å². The lowest BCUT2D eigenvalue weighted by molar-refractivity contribution is 0.582. The van der Waals surface area contributed by atoms with Crippen molar-refractivity contribution in [1.82, 2.24) is 0 Å². The lowest BCUT2D eigenvalue weighted by Gasteiger charge is -2.20. The summed E-state index contributed by atoms with van der Waals surface area (Å²) in [6, 6.07) is 0.191. The molecule has 2 unspecified atom stereocenters. The third kappa shape index (κ3) is 5.16. The van der Waals surface area contributed by atoms with E-state index in [-0.39, 0.29) is 6.04 Å². The second-order valence-corrected chi connectivity index (χ2v) is 4.25. The molecular weight excluding hydrogens is 206 g/mol. The van der Waals surface area contributed by atoms with Crippen molar-refractivity contribution in [3.63, 3.8) is 0 Å². The van der Waals surface area contributed by atoms with Crippen LogP contribution in [0.4, 0.5) is 0 Å². The van der Waals surface area contributed by atoms with E-state index in [0.29, 0.717) is 5.92 Å². The monoisotopic (exact) mass is 233 g/mol. The molecule has 0 amide bonds. The molecule has 0 saturated carbocycles. The van der Waals surface area contributed by atoms with Crippen molar-refractivity contribution >= 4 is 5.71 Å². The van der Waals surface area contributed by atoms with Gasteiger partial charge >= 0.3 is 0 Å². The zero-order valence-corrected chi connectivity index (χ0v) is 11.9.